The molecule has 0 radical (unpaired) electrons. The van der Waals surface area contributed by atoms with Crippen molar-refractivity contribution in [3.8, 4) is 5.75 Å². The smallest absolute Gasteiger partial charge is 0.119 e. The van der Waals surface area contributed by atoms with Crippen LogP contribution in [0.25, 0.3) is 0 Å². The van der Waals surface area contributed by atoms with Gasteiger partial charge in [0.2, 0.25) is 0 Å². The lowest BCUT2D eigenvalue weighted by Gasteiger charge is -2.27. The van der Waals surface area contributed by atoms with Gasteiger partial charge in [0.1, 0.15) is 5.75 Å². The number of ether oxygens (including phenoxy) is 2. The summed E-state index contributed by atoms with van der Waals surface area (Å²) >= 11 is 0. The van der Waals surface area contributed by atoms with Crippen LogP contribution in [0.3, 0.4) is 0 Å². The van der Waals surface area contributed by atoms with E-state index in [2.05, 4.69) is 19.1 Å². The highest BCUT2D eigenvalue weighted by Gasteiger charge is 2.22. The summed E-state index contributed by atoms with van der Waals surface area (Å²) in [6.07, 6.45) is 3.16. The van der Waals surface area contributed by atoms with Crippen LogP contribution in [0.1, 0.15) is 37.8 Å². The third kappa shape index (κ3) is 3.47. The molecule has 1 unspecified atom stereocenters. The zero-order chi connectivity index (χ0) is 12.8. The van der Waals surface area contributed by atoms with Gasteiger partial charge >= 0.3 is 0 Å². The second-order valence-corrected chi connectivity index (χ2v) is 4.89. The highest BCUT2D eigenvalue weighted by atomic mass is 16.5. The Balaban J connectivity index is 1.95. The molecule has 100 valence electrons. The Bertz CT molecular complexity index is 344. The van der Waals surface area contributed by atoms with E-state index in [1.807, 2.05) is 12.1 Å². The van der Waals surface area contributed by atoms with E-state index in [1.54, 1.807) is 0 Å². The Morgan fingerprint density at radius 1 is 1.28 bits per heavy atom. The van der Waals surface area contributed by atoms with Crippen molar-refractivity contribution < 1.29 is 9.47 Å². The molecule has 0 amide bonds. The Morgan fingerprint density at radius 2 is 1.94 bits per heavy atom. The minimum atomic E-state index is 0.120. The first-order valence-corrected chi connectivity index (χ1v) is 6.87. The van der Waals surface area contributed by atoms with E-state index in [9.17, 15) is 0 Å². The van der Waals surface area contributed by atoms with Crippen LogP contribution < -0.4 is 10.5 Å². The molecular weight excluding hydrogens is 226 g/mol. The number of hydrogen-bond acceptors (Lipinski definition) is 3. The maximum atomic E-state index is 6.32. The standard InChI is InChI=1S/C15H23NO2/c1-2-9-18-14-5-3-12(4-6-14)15(16)13-7-10-17-11-8-13/h3-6,13,15H,2,7-11,16H2,1H3. The SMILES string of the molecule is CCCOc1ccc(C(N)C2CCOCC2)cc1. The summed E-state index contributed by atoms with van der Waals surface area (Å²) in [6, 6.07) is 8.33. The zero-order valence-electron chi connectivity index (χ0n) is 11.1. The van der Waals surface area contributed by atoms with E-state index in [4.69, 9.17) is 15.2 Å². The van der Waals surface area contributed by atoms with Crippen molar-refractivity contribution in [1.29, 1.82) is 0 Å². The topological polar surface area (TPSA) is 44.5 Å². The molecule has 1 heterocycles. The lowest BCUT2D eigenvalue weighted by Crippen LogP contribution is -2.27. The summed E-state index contributed by atoms with van der Waals surface area (Å²) in [6.45, 7) is 4.56. The predicted molar refractivity (Wildman–Crippen MR) is 72.7 cm³/mol. The van der Waals surface area contributed by atoms with Crippen molar-refractivity contribution in [2.75, 3.05) is 19.8 Å². The van der Waals surface area contributed by atoms with E-state index >= 15 is 0 Å². The van der Waals surface area contributed by atoms with Crippen molar-refractivity contribution in [3.63, 3.8) is 0 Å². The molecule has 0 saturated carbocycles. The molecule has 1 fully saturated rings. The summed E-state index contributed by atoms with van der Waals surface area (Å²) in [4.78, 5) is 0. The van der Waals surface area contributed by atoms with E-state index < -0.39 is 0 Å². The molecule has 1 atom stereocenters. The summed E-state index contributed by atoms with van der Waals surface area (Å²) in [5.74, 6) is 1.47. The quantitative estimate of drug-likeness (QED) is 0.872. The average molecular weight is 249 g/mol. The first-order valence-electron chi connectivity index (χ1n) is 6.87. The molecule has 1 aromatic rings. The first kappa shape index (κ1) is 13.4. The molecule has 2 N–H and O–H groups in total. The molecule has 0 spiro atoms. The molecule has 0 aromatic heterocycles. The second kappa shape index (κ2) is 6.76. The Kier molecular flexibility index (Phi) is 5.02. The van der Waals surface area contributed by atoms with Crippen LogP contribution in [0.4, 0.5) is 0 Å². The largest absolute Gasteiger partial charge is 0.494 e. The maximum absolute atomic E-state index is 6.32. The second-order valence-electron chi connectivity index (χ2n) is 4.89. The number of nitrogens with two attached hydrogens (primary N) is 1. The molecule has 1 saturated heterocycles. The lowest BCUT2D eigenvalue weighted by atomic mass is 9.88. The molecule has 1 aromatic carbocycles. The third-order valence-corrected chi connectivity index (χ3v) is 3.51. The van der Waals surface area contributed by atoms with E-state index in [1.165, 1.54) is 5.56 Å². The highest BCUT2D eigenvalue weighted by molar-refractivity contribution is 5.29. The molecule has 0 aliphatic carbocycles. The Morgan fingerprint density at radius 3 is 2.56 bits per heavy atom. The number of rotatable bonds is 5. The molecule has 3 heteroatoms. The van der Waals surface area contributed by atoms with Crippen LogP contribution in [0.2, 0.25) is 0 Å². The van der Waals surface area contributed by atoms with Gasteiger partial charge in [-0.3, -0.25) is 0 Å². The van der Waals surface area contributed by atoms with Crippen molar-refractivity contribution in [2.24, 2.45) is 11.7 Å². The van der Waals surface area contributed by atoms with Gasteiger partial charge in [-0.2, -0.15) is 0 Å². The van der Waals surface area contributed by atoms with Gasteiger partial charge in [0.05, 0.1) is 6.61 Å². The fourth-order valence-electron chi connectivity index (χ4n) is 2.35. The minimum absolute atomic E-state index is 0.120. The average Bonchev–Trinajstić information content (AvgIpc) is 2.46. The Hall–Kier alpha value is -1.06. The van der Waals surface area contributed by atoms with Crippen LogP contribution in [-0.4, -0.2) is 19.8 Å². The van der Waals surface area contributed by atoms with Gasteiger partial charge in [0, 0.05) is 19.3 Å². The fraction of sp³-hybridized carbons (Fsp3) is 0.600. The van der Waals surface area contributed by atoms with Gasteiger partial charge in [0.15, 0.2) is 0 Å². The maximum Gasteiger partial charge on any atom is 0.119 e. The molecule has 1 aliphatic rings. The Labute approximate surface area is 109 Å². The van der Waals surface area contributed by atoms with Crippen LogP contribution in [0, 0.1) is 5.92 Å². The normalized spacial score (nSPS) is 18.6. The van der Waals surface area contributed by atoms with Gasteiger partial charge in [-0.05, 0) is 42.9 Å². The summed E-state index contributed by atoms with van der Waals surface area (Å²) in [7, 11) is 0. The van der Waals surface area contributed by atoms with Crippen molar-refractivity contribution in [1.82, 2.24) is 0 Å². The molecule has 1 aliphatic heterocycles. The number of benzene rings is 1. The monoisotopic (exact) mass is 249 g/mol. The van der Waals surface area contributed by atoms with Crippen molar-refractivity contribution in [3.05, 3.63) is 29.8 Å². The zero-order valence-corrected chi connectivity index (χ0v) is 11.1. The van der Waals surface area contributed by atoms with Gasteiger partial charge in [-0.1, -0.05) is 19.1 Å². The van der Waals surface area contributed by atoms with Gasteiger partial charge in [-0.15, -0.1) is 0 Å². The van der Waals surface area contributed by atoms with Crippen LogP contribution in [-0.2, 0) is 4.74 Å². The molecule has 3 nitrogen and oxygen atoms in total. The predicted octanol–water partition coefficient (Wildman–Crippen LogP) is 2.90. The molecule has 0 bridgehead atoms. The summed E-state index contributed by atoms with van der Waals surface area (Å²) < 4.78 is 10.9. The lowest BCUT2D eigenvalue weighted by molar-refractivity contribution is 0.0584. The summed E-state index contributed by atoms with van der Waals surface area (Å²) in [5.41, 5.74) is 7.52. The van der Waals surface area contributed by atoms with Crippen molar-refractivity contribution >= 4 is 0 Å². The molecular formula is C15H23NO2. The first-order chi connectivity index (χ1) is 8.81. The van der Waals surface area contributed by atoms with Gasteiger partial charge < -0.3 is 15.2 Å². The van der Waals surface area contributed by atoms with E-state index in [0.29, 0.717) is 5.92 Å². The minimum Gasteiger partial charge on any atom is -0.494 e. The highest BCUT2D eigenvalue weighted by Crippen LogP contribution is 2.28. The third-order valence-electron chi connectivity index (χ3n) is 3.51. The fourth-order valence-corrected chi connectivity index (χ4v) is 2.35. The van der Waals surface area contributed by atoms with Crippen molar-refractivity contribution in [2.45, 2.75) is 32.2 Å². The van der Waals surface area contributed by atoms with E-state index in [-0.39, 0.29) is 6.04 Å². The molecule has 2 rings (SSSR count). The summed E-state index contributed by atoms with van der Waals surface area (Å²) in [5, 5.41) is 0. The van der Waals surface area contributed by atoms with Crippen LogP contribution in [0.15, 0.2) is 24.3 Å². The van der Waals surface area contributed by atoms with Crippen LogP contribution in [0.5, 0.6) is 5.75 Å². The molecule has 18 heavy (non-hydrogen) atoms. The van der Waals surface area contributed by atoms with Crippen LogP contribution >= 0.6 is 0 Å². The van der Waals surface area contributed by atoms with Gasteiger partial charge in [0.25, 0.3) is 0 Å². The van der Waals surface area contributed by atoms with Gasteiger partial charge in [-0.25, -0.2) is 0 Å². The number of hydrogen-bond donors (Lipinski definition) is 1. The van der Waals surface area contributed by atoms with E-state index in [0.717, 1.165) is 44.8 Å².